The quantitative estimate of drug-likeness (QED) is 0.810. The van der Waals surface area contributed by atoms with Gasteiger partial charge in [0, 0.05) is 31.2 Å². The van der Waals surface area contributed by atoms with Gasteiger partial charge in [-0.05, 0) is 32.2 Å². The topological polar surface area (TPSA) is 58.8 Å². The summed E-state index contributed by atoms with van der Waals surface area (Å²) < 4.78 is 5.16. The third kappa shape index (κ3) is 2.81. The fraction of sp³-hybridized carbons (Fsp3) is 0.500. The molecule has 1 atom stereocenters. The highest BCUT2D eigenvalue weighted by Gasteiger charge is 2.26. The van der Waals surface area contributed by atoms with E-state index in [0.717, 1.165) is 19.6 Å². The van der Waals surface area contributed by atoms with Crippen LogP contribution in [0.1, 0.15) is 17.3 Å². The number of nitrogens with zero attached hydrogens (tertiary/aromatic N) is 2. The molecule has 0 radical (unpaired) electrons. The first kappa shape index (κ1) is 13.7. The molecule has 1 aromatic rings. The van der Waals surface area contributed by atoms with Crippen molar-refractivity contribution in [2.24, 2.45) is 0 Å². The first-order chi connectivity index (χ1) is 9.02. The molecule has 1 saturated heterocycles. The molecular weight excluding hydrogens is 242 g/mol. The van der Waals surface area contributed by atoms with E-state index in [0.29, 0.717) is 17.0 Å². The lowest BCUT2D eigenvalue weighted by Crippen LogP contribution is -2.52. The summed E-state index contributed by atoms with van der Waals surface area (Å²) in [7, 11) is 3.63. The molecule has 2 rings (SSSR count). The van der Waals surface area contributed by atoms with Crippen LogP contribution in [-0.2, 0) is 0 Å². The van der Waals surface area contributed by atoms with Gasteiger partial charge < -0.3 is 20.3 Å². The lowest BCUT2D eigenvalue weighted by Gasteiger charge is -2.38. The van der Waals surface area contributed by atoms with Crippen LogP contribution in [0.15, 0.2) is 18.2 Å². The molecular formula is C14H21N3O2. The number of nitrogen functional groups attached to an aromatic ring is 1. The average molecular weight is 263 g/mol. The molecule has 1 fully saturated rings. The molecule has 0 saturated carbocycles. The maximum Gasteiger partial charge on any atom is 0.254 e. The van der Waals surface area contributed by atoms with Crippen LogP contribution in [0.3, 0.4) is 0 Å². The molecule has 5 heteroatoms. The van der Waals surface area contributed by atoms with Gasteiger partial charge in [0.05, 0.1) is 12.8 Å². The van der Waals surface area contributed by atoms with Crippen LogP contribution in [0.25, 0.3) is 0 Å². The summed E-state index contributed by atoms with van der Waals surface area (Å²) in [5.74, 6) is 0.589. The van der Waals surface area contributed by atoms with Crippen molar-refractivity contribution in [1.29, 1.82) is 0 Å². The maximum absolute atomic E-state index is 12.5. The number of methoxy groups -OCH3 is 1. The molecule has 1 aliphatic rings. The summed E-state index contributed by atoms with van der Waals surface area (Å²) in [6.07, 6.45) is 0. The number of amides is 1. The lowest BCUT2D eigenvalue weighted by atomic mass is 10.1. The molecule has 0 aliphatic carbocycles. The van der Waals surface area contributed by atoms with E-state index in [1.165, 1.54) is 0 Å². The van der Waals surface area contributed by atoms with Crippen LogP contribution in [-0.4, -0.2) is 55.5 Å². The molecule has 1 amide bonds. The first-order valence-electron chi connectivity index (χ1n) is 6.46. The monoisotopic (exact) mass is 263 g/mol. The largest absolute Gasteiger partial charge is 0.495 e. The van der Waals surface area contributed by atoms with Gasteiger partial charge >= 0.3 is 0 Å². The Morgan fingerprint density at radius 2 is 2.16 bits per heavy atom. The van der Waals surface area contributed by atoms with E-state index < -0.39 is 0 Å². The van der Waals surface area contributed by atoms with Gasteiger partial charge in [-0.3, -0.25) is 4.79 Å². The molecule has 2 N–H and O–H groups in total. The van der Waals surface area contributed by atoms with Gasteiger partial charge in [0.25, 0.3) is 5.91 Å². The number of hydrogen-bond acceptors (Lipinski definition) is 4. The summed E-state index contributed by atoms with van der Waals surface area (Å²) >= 11 is 0. The molecule has 0 bridgehead atoms. The van der Waals surface area contributed by atoms with Gasteiger partial charge in [0.2, 0.25) is 0 Å². The van der Waals surface area contributed by atoms with Gasteiger partial charge in [-0.15, -0.1) is 0 Å². The zero-order valence-corrected chi connectivity index (χ0v) is 11.7. The van der Waals surface area contributed by atoms with Crippen molar-refractivity contribution in [2.75, 3.05) is 39.5 Å². The fourth-order valence-corrected chi connectivity index (χ4v) is 2.45. The Bertz CT molecular complexity index is 476. The molecule has 1 aliphatic heterocycles. The zero-order chi connectivity index (χ0) is 14.0. The van der Waals surface area contributed by atoms with E-state index in [9.17, 15) is 4.79 Å². The minimum Gasteiger partial charge on any atom is -0.495 e. The van der Waals surface area contributed by atoms with Crippen molar-refractivity contribution in [3.05, 3.63) is 23.8 Å². The van der Waals surface area contributed by atoms with E-state index in [1.807, 2.05) is 4.90 Å². The second-order valence-corrected chi connectivity index (χ2v) is 5.07. The SMILES string of the molecule is COc1cc(C(=O)N2CCN(C)C[C@@H]2C)ccc1N. The van der Waals surface area contributed by atoms with E-state index in [1.54, 1.807) is 25.3 Å². The molecule has 1 heterocycles. The highest BCUT2D eigenvalue weighted by Crippen LogP contribution is 2.23. The zero-order valence-electron chi connectivity index (χ0n) is 11.7. The van der Waals surface area contributed by atoms with E-state index >= 15 is 0 Å². The molecule has 1 aromatic carbocycles. The van der Waals surface area contributed by atoms with Gasteiger partial charge in [-0.1, -0.05) is 0 Å². The van der Waals surface area contributed by atoms with Gasteiger partial charge in [-0.2, -0.15) is 0 Å². The molecule has 0 aromatic heterocycles. The predicted molar refractivity (Wildman–Crippen MR) is 75.4 cm³/mol. The van der Waals surface area contributed by atoms with Crippen molar-refractivity contribution >= 4 is 11.6 Å². The van der Waals surface area contributed by atoms with Crippen molar-refractivity contribution in [1.82, 2.24) is 9.80 Å². The van der Waals surface area contributed by atoms with Gasteiger partial charge in [0.1, 0.15) is 5.75 Å². The van der Waals surface area contributed by atoms with Crippen molar-refractivity contribution in [3.8, 4) is 5.75 Å². The highest BCUT2D eigenvalue weighted by atomic mass is 16.5. The second-order valence-electron chi connectivity index (χ2n) is 5.07. The number of piperazine rings is 1. The summed E-state index contributed by atoms with van der Waals surface area (Å²) in [6.45, 7) is 4.63. The summed E-state index contributed by atoms with van der Waals surface area (Å²) in [4.78, 5) is 16.6. The number of nitrogens with two attached hydrogens (primary N) is 1. The number of anilines is 1. The molecule has 0 unspecified atom stereocenters. The number of likely N-dealkylation sites (N-methyl/N-ethyl adjacent to an activating group) is 1. The van der Waals surface area contributed by atoms with Crippen LogP contribution in [0.2, 0.25) is 0 Å². The Kier molecular flexibility index (Phi) is 3.95. The fourth-order valence-electron chi connectivity index (χ4n) is 2.45. The van der Waals surface area contributed by atoms with Crippen LogP contribution >= 0.6 is 0 Å². The van der Waals surface area contributed by atoms with Crippen LogP contribution in [0.4, 0.5) is 5.69 Å². The molecule has 19 heavy (non-hydrogen) atoms. The molecule has 104 valence electrons. The van der Waals surface area contributed by atoms with E-state index in [4.69, 9.17) is 10.5 Å². The average Bonchev–Trinajstić information content (AvgIpc) is 2.38. The van der Waals surface area contributed by atoms with Crippen molar-refractivity contribution in [3.63, 3.8) is 0 Å². The van der Waals surface area contributed by atoms with Crippen LogP contribution in [0.5, 0.6) is 5.75 Å². The Labute approximate surface area is 113 Å². The number of carbonyl (C=O) groups is 1. The Balaban J connectivity index is 2.19. The lowest BCUT2D eigenvalue weighted by molar-refractivity contribution is 0.0533. The normalized spacial score (nSPS) is 20.4. The summed E-state index contributed by atoms with van der Waals surface area (Å²) in [5, 5.41) is 0. The standard InChI is InChI=1S/C14H21N3O2/c1-10-9-16(2)6-7-17(10)14(18)11-4-5-12(15)13(8-11)19-3/h4-5,8,10H,6-7,9,15H2,1-3H3/t10-/m0/s1. The number of hydrogen-bond donors (Lipinski definition) is 1. The number of carbonyl (C=O) groups excluding carboxylic acids is 1. The Morgan fingerprint density at radius 3 is 2.79 bits per heavy atom. The van der Waals surface area contributed by atoms with E-state index in [-0.39, 0.29) is 11.9 Å². The third-order valence-corrected chi connectivity index (χ3v) is 3.57. The van der Waals surface area contributed by atoms with Crippen molar-refractivity contribution < 1.29 is 9.53 Å². The first-order valence-corrected chi connectivity index (χ1v) is 6.46. The summed E-state index contributed by atoms with van der Waals surface area (Å²) in [5.41, 5.74) is 6.94. The number of benzene rings is 1. The molecule has 0 spiro atoms. The maximum atomic E-state index is 12.5. The third-order valence-electron chi connectivity index (χ3n) is 3.57. The second kappa shape index (κ2) is 5.48. The Hall–Kier alpha value is -1.75. The van der Waals surface area contributed by atoms with E-state index in [2.05, 4.69) is 18.9 Å². The minimum absolute atomic E-state index is 0.0406. The number of ether oxygens (including phenoxy) is 1. The van der Waals surface area contributed by atoms with Gasteiger partial charge in [-0.25, -0.2) is 0 Å². The predicted octanol–water partition coefficient (Wildman–Crippen LogP) is 1.05. The smallest absolute Gasteiger partial charge is 0.254 e. The van der Waals surface area contributed by atoms with Crippen LogP contribution < -0.4 is 10.5 Å². The molecule has 5 nitrogen and oxygen atoms in total. The number of rotatable bonds is 2. The van der Waals surface area contributed by atoms with Crippen molar-refractivity contribution in [2.45, 2.75) is 13.0 Å². The highest BCUT2D eigenvalue weighted by molar-refractivity contribution is 5.95. The van der Waals surface area contributed by atoms with Crippen LogP contribution in [0, 0.1) is 0 Å². The van der Waals surface area contributed by atoms with Gasteiger partial charge in [0.15, 0.2) is 0 Å². The summed E-state index contributed by atoms with van der Waals surface area (Å²) in [6, 6.07) is 5.40. The minimum atomic E-state index is 0.0406. The Morgan fingerprint density at radius 1 is 1.42 bits per heavy atom.